The van der Waals surface area contributed by atoms with Crippen molar-refractivity contribution in [3.8, 4) is 0 Å². The third kappa shape index (κ3) is 3.67. The molecule has 0 bridgehead atoms. The van der Waals surface area contributed by atoms with Gasteiger partial charge in [-0.25, -0.2) is 0 Å². The maximum Gasteiger partial charge on any atom is 0.460 e. The average Bonchev–Trinajstić information content (AvgIpc) is 2.24. The quantitative estimate of drug-likeness (QED) is 0.381. The summed E-state index contributed by atoms with van der Waals surface area (Å²) in [4.78, 5) is 15.5. The third-order valence-electron chi connectivity index (χ3n) is 2.28. The molecule has 0 saturated heterocycles. The Hall–Kier alpha value is -0.840. The van der Waals surface area contributed by atoms with Crippen molar-refractivity contribution in [2.24, 2.45) is 0 Å². The number of halogens is 13. The lowest BCUT2D eigenvalue weighted by Gasteiger charge is -2.39. The average molecular weight is 434 g/mol. The van der Waals surface area contributed by atoms with E-state index in [0.29, 0.717) is 0 Å². The summed E-state index contributed by atoms with van der Waals surface area (Å²) in [6.07, 6.45) is -7.58. The topological polar surface area (TPSA) is 128 Å². The van der Waals surface area contributed by atoms with E-state index >= 15 is 0 Å². The molecule has 156 valence electrons. The van der Waals surface area contributed by atoms with Gasteiger partial charge in [-0.1, -0.05) is 0 Å². The van der Waals surface area contributed by atoms with E-state index in [1.165, 1.54) is 0 Å². The Balaban J connectivity index is -0.00000242. The van der Waals surface area contributed by atoms with Gasteiger partial charge in [0.15, 0.2) is 0 Å². The minimum atomic E-state index is -8.20. The summed E-state index contributed by atoms with van der Waals surface area (Å²) in [6.45, 7) is 0. The lowest BCUT2D eigenvalue weighted by Crippen LogP contribution is -2.69. The van der Waals surface area contributed by atoms with Gasteiger partial charge in [0, 0.05) is 0 Å². The maximum atomic E-state index is 12.7. The van der Waals surface area contributed by atoms with E-state index in [9.17, 15) is 61.6 Å². The fraction of sp³-hybridized carbons (Fsp3) is 1.00. The van der Waals surface area contributed by atoms with E-state index < -0.39 is 43.1 Å². The molecule has 0 aromatic carbocycles. The zero-order chi connectivity index (χ0) is 19.5. The molecule has 0 aromatic rings. The molecule has 0 aromatic heterocycles. The van der Waals surface area contributed by atoms with Crippen molar-refractivity contribution in [3.05, 3.63) is 0 Å². The van der Waals surface area contributed by atoms with Gasteiger partial charge >= 0.3 is 43.1 Å². The van der Waals surface area contributed by atoms with Gasteiger partial charge in [0.05, 0.1) is 0 Å². The van der Waals surface area contributed by atoms with Crippen LogP contribution in [0.2, 0.25) is 0 Å². The van der Waals surface area contributed by atoms with Crippen molar-refractivity contribution < 1.29 is 71.4 Å². The van der Waals surface area contributed by atoms with Crippen LogP contribution in [-0.4, -0.2) is 45.3 Å². The van der Waals surface area contributed by atoms with Crippen molar-refractivity contribution in [2.45, 2.75) is 35.5 Å². The van der Waals surface area contributed by atoms with Gasteiger partial charge in [-0.3, -0.25) is 4.57 Å². The molecule has 0 heterocycles. The summed E-state index contributed by atoms with van der Waals surface area (Å²) in [5.74, 6) is -32.3. The Kier molecular flexibility index (Phi) is 7.77. The van der Waals surface area contributed by atoms with Crippen LogP contribution in [0.15, 0.2) is 0 Å². The molecule has 0 radical (unpaired) electrons. The minimum absolute atomic E-state index is 0. The van der Waals surface area contributed by atoms with Crippen LogP contribution in [0.4, 0.5) is 57.1 Å². The van der Waals surface area contributed by atoms with Crippen molar-refractivity contribution in [1.82, 2.24) is 12.3 Å². The van der Waals surface area contributed by atoms with E-state index in [0.717, 1.165) is 0 Å². The second-order valence-electron chi connectivity index (χ2n) is 3.88. The fourth-order valence-electron chi connectivity index (χ4n) is 0.944. The molecule has 0 aliphatic rings. The van der Waals surface area contributed by atoms with Crippen LogP contribution in [0.1, 0.15) is 0 Å². The van der Waals surface area contributed by atoms with Crippen LogP contribution >= 0.6 is 7.60 Å². The Labute approximate surface area is 128 Å². The number of hydrogen-bond donors (Lipinski definition) is 4. The second-order valence-corrected chi connectivity index (χ2v) is 5.53. The van der Waals surface area contributed by atoms with E-state index in [1.807, 2.05) is 0 Å². The van der Waals surface area contributed by atoms with Crippen molar-refractivity contribution in [1.29, 1.82) is 0 Å². The predicted molar refractivity (Wildman–Crippen MR) is 52.9 cm³/mol. The number of alkyl halides is 13. The molecular weight excluding hydrogens is 426 g/mol. The third-order valence-corrected chi connectivity index (χ3v) is 3.30. The van der Waals surface area contributed by atoms with Gasteiger partial charge in [0.2, 0.25) is 0 Å². The summed E-state index contributed by atoms with van der Waals surface area (Å²) in [7, 11) is -7.67. The highest BCUT2D eigenvalue weighted by molar-refractivity contribution is 7.53. The molecule has 0 aliphatic heterocycles. The van der Waals surface area contributed by atoms with Crippen molar-refractivity contribution in [3.63, 3.8) is 0 Å². The number of rotatable bonds is 5. The lowest BCUT2D eigenvalue weighted by atomic mass is 9.98. The Morgan fingerprint density at radius 2 is 0.760 bits per heavy atom. The Morgan fingerprint density at radius 3 is 0.960 bits per heavy atom. The summed E-state index contributed by atoms with van der Waals surface area (Å²) in [5.41, 5.74) is -7.38. The first-order valence-electron chi connectivity index (χ1n) is 4.51. The molecule has 0 rings (SSSR count). The van der Waals surface area contributed by atoms with E-state index in [4.69, 9.17) is 9.79 Å². The molecule has 8 N–H and O–H groups in total. The lowest BCUT2D eigenvalue weighted by molar-refractivity contribution is -0.434. The van der Waals surface area contributed by atoms with Crippen LogP contribution in [0.25, 0.3) is 0 Å². The highest BCUT2D eigenvalue weighted by Gasteiger charge is 2.92. The van der Waals surface area contributed by atoms with Crippen LogP contribution in [0.5, 0.6) is 0 Å². The predicted octanol–water partition coefficient (Wildman–Crippen LogP) is 4.18. The Bertz CT molecular complexity index is 512. The van der Waals surface area contributed by atoms with Gasteiger partial charge in [-0.05, 0) is 0 Å². The molecule has 0 amide bonds. The summed E-state index contributed by atoms with van der Waals surface area (Å²) >= 11 is 0. The number of hydrogen-bond acceptors (Lipinski definition) is 3. The zero-order valence-electron chi connectivity index (χ0n) is 11.1. The fourth-order valence-corrected chi connectivity index (χ4v) is 1.45. The monoisotopic (exact) mass is 434 g/mol. The largest absolute Gasteiger partial charge is 0.460 e. The molecule has 0 unspecified atom stereocenters. The first-order valence-corrected chi connectivity index (χ1v) is 6.13. The van der Waals surface area contributed by atoms with Crippen molar-refractivity contribution >= 4 is 7.60 Å². The molecule has 0 atom stereocenters. The van der Waals surface area contributed by atoms with Crippen molar-refractivity contribution in [2.75, 3.05) is 0 Å². The summed E-state index contributed by atoms with van der Waals surface area (Å²) in [5, 5.41) is 0. The molecular formula is C6H8F13N2O3P. The van der Waals surface area contributed by atoms with E-state index in [-0.39, 0.29) is 12.3 Å². The van der Waals surface area contributed by atoms with Crippen LogP contribution in [-0.2, 0) is 4.57 Å². The standard InChI is InChI=1S/C6H2F13O3P.2H3N/c7-1(8,3(11,12)5(15,16)17)2(9,10)4(13,14)6(18,19)23(20,21)22;;/h(H2,20,21,22);2*1H3. The molecule has 0 spiro atoms. The molecule has 0 fully saturated rings. The highest BCUT2D eigenvalue weighted by atomic mass is 31.2. The Morgan fingerprint density at radius 1 is 0.520 bits per heavy atom. The van der Waals surface area contributed by atoms with Crippen LogP contribution < -0.4 is 12.3 Å². The minimum Gasteiger partial charge on any atom is -0.344 e. The molecule has 0 aliphatic carbocycles. The highest BCUT2D eigenvalue weighted by Crippen LogP contribution is 2.67. The van der Waals surface area contributed by atoms with Crippen LogP contribution in [0, 0.1) is 0 Å². The SMILES string of the molecule is N.N.O=P(O)(O)C(F)(F)C(F)(F)C(F)(F)C(F)(F)C(F)(F)C(F)(F)F. The maximum absolute atomic E-state index is 12.7. The smallest absolute Gasteiger partial charge is 0.344 e. The van der Waals surface area contributed by atoms with Gasteiger partial charge < -0.3 is 22.1 Å². The van der Waals surface area contributed by atoms with E-state index in [1.54, 1.807) is 0 Å². The normalized spacial score (nSPS) is 15.3. The zero-order valence-corrected chi connectivity index (χ0v) is 12.0. The first kappa shape index (κ1) is 28.9. The second kappa shape index (κ2) is 6.71. The molecule has 19 heteroatoms. The van der Waals surface area contributed by atoms with Gasteiger partial charge in [0.25, 0.3) is 0 Å². The van der Waals surface area contributed by atoms with E-state index in [2.05, 4.69) is 0 Å². The van der Waals surface area contributed by atoms with Gasteiger partial charge in [-0.15, -0.1) is 0 Å². The van der Waals surface area contributed by atoms with Crippen LogP contribution in [0.3, 0.4) is 0 Å². The summed E-state index contributed by atoms with van der Waals surface area (Å²) in [6, 6.07) is 0. The van der Waals surface area contributed by atoms with Gasteiger partial charge in [-0.2, -0.15) is 57.1 Å². The van der Waals surface area contributed by atoms with Gasteiger partial charge in [0.1, 0.15) is 0 Å². The summed E-state index contributed by atoms with van der Waals surface area (Å²) < 4.78 is 171. The molecule has 0 saturated carbocycles. The molecule has 5 nitrogen and oxygen atoms in total. The molecule has 25 heavy (non-hydrogen) atoms. The first-order chi connectivity index (χ1) is 9.50.